The number of carbonyl (C=O) groups is 1. The normalized spacial score (nSPS) is 23.2. The lowest BCUT2D eigenvalue weighted by molar-refractivity contribution is -0.123. The number of carbonyl (C=O) groups excluding carboxylic acids is 1. The Morgan fingerprint density at radius 2 is 1.91 bits per heavy atom. The lowest BCUT2D eigenvalue weighted by atomic mass is 9.92. The Hall–Kier alpha value is -1.40. The molecule has 2 fully saturated rings. The summed E-state index contributed by atoms with van der Waals surface area (Å²) in [4.78, 5) is 12.6. The molecule has 1 saturated heterocycles. The molecule has 0 radical (unpaired) electrons. The lowest BCUT2D eigenvalue weighted by Crippen LogP contribution is -2.33. The number of hydrogen-bond acceptors (Lipinski definition) is 4. The van der Waals surface area contributed by atoms with Crippen LogP contribution in [-0.2, 0) is 21.2 Å². The fourth-order valence-electron chi connectivity index (χ4n) is 3.36. The topological polar surface area (TPSA) is 75.3 Å². The number of benzene rings is 1. The minimum absolute atomic E-state index is 0.133. The van der Waals surface area contributed by atoms with Crippen molar-refractivity contribution in [1.29, 1.82) is 0 Å². The van der Waals surface area contributed by atoms with Gasteiger partial charge in [0.25, 0.3) is 0 Å². The Morgan fingerprint density at radius 3 is 2.50 bits per heavy atom. The second-order valence-electron chi connectivity index (χ2n) is 6.50. The van der Waals surface area contributed by atoms with Crippen LogP contribution in [0.5, 0.6) is 0 Å². The quantitative estimate of drug-likeness (QED) is 0.870. The van der Waals surface area contributed by atoms with Crippen molar-refractivity contribution < 1.29 is 13.2 Å². The molecule has 120 valence electrons. The molecule has 5 nitrogen and oxygen atoms in total. The van der Waals surface area contributed by atoms with Gasteiger partial charge in [-0.05, 0) is 55.5 Å². The van der Waals surface area contributed by atoms with Crippen LogP contribution in [-0.4, -0.2) is 33.7 Å². The SMILES string of the molecule is CS(=O)(=O)c1ccc(CNC(=O)C2CC23CCNCC3)cc1. The highest BCUT2D eigenvalue weighted by Crippen LogP contribution is 2.58. The minimum Gasteiger partial charge on any atom is -0.352 e. The Labute approximate surface area is 131 Å². The molecule has 1 aliphatic carbocycles. The fourth-order valence-corrected chi connectivity index (χ4v) is 3.99. The van der Waals surface area contributed by atoms with E-state index >= 15 is 0 Å². The van der Waals surface area contributed by atoms with Crippen LogP contribution in [0.4, 0.5) is 0 Å². The van der Waals surface area contributed by atoms with E-state index in [0.29, 0.717) is 11.4 Å². The first-order valence-corrected chi connectivity index (χ1v) is 9.57. The largest absolute Gasteiger partial charge is 0.352 e. The van der Waals surface area contributed by atoms with Gasteiger partial charge in [0.2, 0.25) is 5.91 Å². The van der Waals surface area contributed by atoms with Crippen molar-refractivity contribution in [1.82, 2.24) is 10.6 Å². The smallest absolute Gasteiger partial charge is 0.223 e. The summed E-state index contributed by atoms with van der Waals surface area (Å²) in [5.74, 6) is 0.291. The second-order valence-corrected chi connectivity index (χ2v) is 8.52. The Balaban J connectivity index is 1.54. The van der Waals surface area contributed by atoms with Crippen LogP contribution in [0.3, 0.4) is 0 Å². The molecule has 1 aromatic carbocycles. The molecule has 0 aromatic heterocycles. The van der Waals surface area contributed by atoms with Crippen LogP contribution >= 0.6 is 0 Å². The molecule has 0 bridgehead atoms. The van der Waals surface area contributed by atoms with Crippen molar-refractivity contribution in [3.8, 4) is 0 Å². The summed E-state index contributed by atoms with van der Waals surface area (Å²) in [5.41, 5.74) is 1.16. The van der Waals surface area contributed by atoms with Crippen LogP contribution in [0.15, 0.2) is 29.2 Å². The fraction of sp³-hybridized carbons (Fsp3) is 0.562. The van der Waals surface area contributed by atoms with E-state index in [1.807, 2.05) is 0 Å². The zero-order valence-electron chi connectivity index (χ0n) is 12.8. The highest BCUT2D eigenvalue weighted by Gasteiger charge is 2.57. The summed E-state index contributed by atoms with van der Waals surface area (Å²) in [5, 5.41) is 6.32. The van der Waals surface area contributed by atoms with Gasteiger partial charge < -0.3 is 10.6 Å². The molecule has 1 heterocycles. The third kappa shape index (κ3) is 3.17. The highest BCUT2D eigenvalue weighted by atomic mass is 32.2. The number of piperidine rings is 1. The van der Waals surface area contributed by atoms with E-state index in [1.165, 1.54) is 6.26 Å². The molecular formula is C16H22N2O3S. The van der Waals surface area contributed by atoms with E-state index in [0.717, 1.165) is 37.9 Å². The van der Waals surface area contributed by atoms with Crippen molar-refractivity contribution in [3.63, 3.8) is 0 Å². The van der Waals surface area contributed by atoms with Gasteiger partial charge in [-0.25, -0.2) is 8.42 Å². The molecular weight excluding hydrogens is 300 g/mol. The van der Waals surface area contributed by atoms with E-state index in [2.05, 4.69) is 10.6 Å². The van der Waals surface area contributed by atoms with Crippen molar-refractivity contribution in [2.45, 2.75) is 30.7 Å². The van der Waals surface area contributed by atoms with E-state index in [-0.39, 0.29) is 17.2 Å². The minimum atomic E-state index is -3.17. The van der Waals surface area contributed by atoms with Crippen molar-refractivity contribution in [2.24, 2.45) is 11.3 Å². The highest BCUT2D eigenvalue weighted by molar-refractivity contribution is 7.90. The summed E-state index contributed by atoms with van der Waals surface area (Å²) in [6, 6.07) is 6.68. The first kappa shape index (κ1) is 15.5. The van der Waals surface area contributed by atoms with Gasteiger partial charge in [0.15, 0.2) is 9.84 Å². The maximum absolute atomic E-state index is 12.3. The van der Waals surface area contributed by atoms with Gasteiger partial charge in [0.1, 0.15) is 0 Å². The van der Waals surface area contributed by atoms with Crippen LogP contribution in [0.25, 0.3) is 0 Å². The van der Waals surface area contributed by atoms with Crippen LogP contribution in [0.1, 0.15) is 24.8 Å². The molecule has 1 aliphatic heterocycles. The van der Waals surface area contributed by atoms with Gasteiger partial charge in [-0.2, -0.15) is 0 Å². The maximum atomic E-state index is 12.3. The van der Waals surface area contributed by atoms with Crippen molar-refractivity contribution in [3.05, 3.63) is 29.8 Å². The van der Waals surface area contributed by atoms with Crippen LogP contribution < -0.4 is 10.6 Å². The number of rotatable bonds is 4. The predicted octanol–water partition coefficient (Wildman–Crippen LogP) is 1.10. The van der Waals surface area contributed by atoms with Crippen LogP contribution in [0, 0.1) is 11.3 Å². The average Bonchev–Trinajstić information content (AvgIpc) is 3.18. The standard InChI is InChI=1S/C16H22N2O3S/c1-22(20,21)13-4-2-12(3-5-13)11-18-15(19)14-10-16(14)6-8-17-9-7-16/h2-5,14,17H,6-11H2,1H3,(H,18,19). The van der Waals surface area contributed by atoms with Gasteiger partial charge >= 0.3 is 0 Å². The van der Waals surface area contributed by atoms with E-state index in [1.54, 1.807) is 24.3 Å². The van der Waals surface area contributed by atoms with E-state index < -0.39 is 9.84 Å². The molecule has 2 aliphatic rings. The third-order valence-corrected chi connectivity index (χ3v) is 6.05. The third-order valence-electron chi connectivity index (χ3n) is 4.92. The molecule has 1 aromatic rings. The summed E-state index contributed by atoms with van der Waals surface area (Å²) < 4.78 is 22.8. The molecule has 6 heteroatoms. The molecule has 1 amide bonds. The van der Waals surface area contributed by atoms with Crippen molar-refractivity contribution >= 4 is 15.7 Å². The second kappa shape index (κ2) is 5.66. The molecule has 1 spiro atoms. The van der Waals surface area contributed by atoms with Gasteiger partial charge in [-0.15, -0.1) is 0 Å². The zero-order chi connectivity index (χ0) is 15.8. The number of hydrogen-bond donors (Lipinski definition) is 2. The Bertz CT molecular complexity index is 661. The van der Waals surface area contributed by atoms with E-state index in [9.17, 15) is 13.2 Å². The molecule has 3 rings (SSSR count). The molecule has 2 N–H and O–H groups in total. The monoisotopic (exact) mass is 322 g/mol. The van der Waals surface area contributed by atoms with Crippen molar-refractivity contribution in [2.75, 3.05) is 19.3 Å². The average molecular weight is 322 g/mol. The summed E-state index contributed by atoms with van der Waals surface area (Å²) in [6.07, 6.45) is 4.38. The van der Waals surface area contributed by atoms with Crippen LogP contribution in [0.2, 0.25) is 0 Å². The molecule has 22 heavy (non-hydrogen) atoms. The Morgan fingerprint density at radius 1 is 1.27 bits per heavy atom. The first-order valence-electron chi connectivity index (χ1n) is 7.68. The first-order chi connectivity index (χ1) is 10.4. The predicted molar refractivity (Wildman–Crippen MR) is 84.0 cm³/mol. The molecule has 1 saturated carbocycles. The summed E-state index contributed by atoms with van der Waals surface area (Å²) >= 11 is 0. The van der Waals surface area contributed by atoms with Gasteiger partial charge in [0, 0.05) is 18.7 Å². The number of amides is 1. The Kier molecular flexibility index (Phi) is 3.99. The summed E-state index contributed by atoms with van der Waals surface area (Å²) in [6.45, 7) is 2.47. The zero-order valence-corrected chi connectivity index (χ0v) is 13.6. The maximum Gasteiger partial charge on any atom is 0.223 e. The van der Waals surface area contributed by atoms with Gasteiger partial charge in [-0.3, -0.25) is 4.79 Å². The van der Waals surface area contributed by atoms with E-state index in [4.69, 9.17) is 0 Å². The summed E-state index contributed by atoms with van der Waals surface area (Å²) in [7, 11) is -3.17. The molecule has 1 atom stereocenters. The lowest BCUT2D eigenvalue weighted by Gasteiger charge is -2.23. The van der Waals surface area contributed by atoms with Gasteiger partial charge in [0.05, 0.1) is 4.90 Å². The van der Waals surface area contributed by atoms with Gasteiger partial charge in [-0.1, -0.05) is 12.1 Å². The number of sulfone groups is 1. The molecule has 1 unspecified atom stereocenters. The number of nitrogens with one attached hydrogen (secondary N) is 2.